The highest BCUT2D eigenvalue weighted by Crippen LogP contribution is 2.21. The second kappa shape index (κ2) is 5.75. The molecular formula is C16H13FN2O2. The molecule has 1 heterocycles. The first-order chi connectivity index (χ1) is 10.2. The number of hydrogen-bond acceptors (Lipinski definition) is 4. The Labute approximate surface area is 121 Å². The highest BCUT2D eigenvalue weighted by atomic mass is 19.1. The summed E-state index contributed by atoms with van der Waals surface area (Å²) in [6.45, 7) is 2.13. The fourth-order valence-corrected chi connectivity index (χ4v) is 1.91. The first-order valence-electron chi connectivity index (χ1n) is 6.49. The largest absolute Gasteiger partial charge is 0.484 e. The van der Waals surface area contributed by atoms with Crippen LogP contribution in [0.4, 0.5) is 4.39 Å². The van der Waals surface area contributed by atoms with Gasteiger partial charge in [0.15, 0.2) is 6.61 Å². The number of ether oxygens (including phenoxy) is 1. The van der Waals surface area contributed by atoms with Crippen molar-refractivity contribution in [2.24, 2.45) is 0 Å². The molecule has 0 aliphatic carbocycles. The average molecular weight is 284 g/mol. The summed E-state index contributed by atoms with van der Waals surface area (Å²) >= 11 is 0. The van der Waals surface area contributed by atoms with Crippen molar-refractivity contribution in [3.63, 3.8) is 0 Å². The molecule has 0 radical (unpaired) electrons. The van der Waals surface area contributed by atoms with Gasteiger partial charge >= 0.3 is 0 Å². The maximum absolute atomic E-state index is 13.6. The van der Waals surface area contributed by atoms with Crippen molar-refractivity contribution < 1.29 is 13.5 Å². The van der Waals surface area contributed by atoms with Crippen LogP contribution in [0.2, 0.25) is 0 Å². The monoisotopic (exact) mass is 284 g/mol. The normalized spacial score (nSPS) is 10.6. The Morgan fingerprint density at radius 2 is 1.95 bits per heavy atom. The molecule has 0 saturated heterocycles. The van der Waals surface area contributed by atoms with Crippen LogP contribution in [0.25, 0.3) is 11.5 Å². The molecule has 21 heavy (non-hydrogen) atoms. The van der Waals surface area contributed by atoms with E-state index in [0.29, 0.717) is 5.89 Å². The summed E-state index contributed by atoms with van der Waals surface area (Å²) in [7, 11) is 0. The predicted molar refractivity (Wildman–Crippen MR) is 75.2 cm³/mol. The van der Waals surface area contributed by atoms with Crippen LogP contribution in [0, 0.1) is 12.7 Å². The molecule has 2 aromatic carbocycles. The Balaban J connectivity index is 1.72. The van der Waals surface area contributed by atoms with E-state index in [2.05, 4.69) is 10.2 Å². The molecule has 3 rings (SSSR count). The summed E-state index contributed by atoms with van der Waals surface area (Å²) in [6, 6.07) is 13.9. The Morgan fingerprint density at radius 1 is 1.10 bits per heavy atom. The summed E-state index contributed by atoms with van der Waals surface area (Å²) in [5, 5.41) is 7.70. The molecule has 0 amide bonds. The molecule has 0 aliphatic heterocycles. The van der Waals surface area contributed by atoms with Crippen molar-refractivity contribution in [3.8, 4) is 17.2 Å². The van der Waals surface area contributed by atoms with Crippen molar-refractivity contribution in [2.75, 3.05) is 0 Å². The van der Waals surface area contributed by atoms with Gasteiger partial charge in [-0.05, 0) is 36.8 Å². The van der Waals surface area contributed by atoms with Gasteiger partial charge in [0.05, 0.1) is 5.56 Å². The molecule has 106 valence electrons. The molecule has 5 heteroatoms. The molecule has 0 spiro atoms. The molecule has 0 atom stereocenters. The molecule has 4 nitrogen and oxygen atoms in total. The SMILES string of the molecule is Cc1cccc(OCc2nnc(-c3ccccc3F)o2)c1. The smallest absolute Gasteiger partial charge is 0.254 e. The van der Waals surface area contributed by atoms with E-state index in [-0.39, 0.29) is 18.1 Å². The maximum atomic E-state index is 13.6. The Kier molecular flexibility index (Phi) is 3.64. The zero-order chi connectivity index (χ0) is 14.7. The van der Waals surface area contributed by atoms with Gasteiger partial charge in [0, 0.05) is 0 Å². The number of aryl methyl sites for hydroxylation is 1. The second-order valence-corrected chi connectivity index (χ2v) is 4.59. The Bertz CT molecular complexity index is 755. The van der Waals surface area contributed by atoms with Crippen molar-refractivity contribution >= 4 is 0 Å². The van der Waals surface area contributed by atoms with Gasteiger partial charge in [-0.1, -0.05) is 24.3 Å². The van der Waals surface area contributed by atoms with E-state index in [1.54, 1.807) is 18.2 Å². The molecule has 0 saturated carbocycles. The topological polar surface area (TPSA) is 48.2 Å². The lowest BCUT2D eigenvalue weighted by molar-refractivity contribution is 0.264. The maximum Gasteiger partial charge on any atom is 0.254 e. The van der Waals surface area contributed by atoms with E-state index >= 15 is 0 Å². The first-order valence-corrected chi connectivity index (χ1v) is 6.49. The molecule has 3 aromatic rings. The average Bonchev–Trinajstić information content (AvgIpc) is 2.94. The molecule has 0 bridgehead atoms. The molecule has 0 unspecified atom stereocenters. The van der Waals surface area contributed by atoms with Crippen LogP contribution < -0.4 is 4.74 Å². The highest BCUT2D eigenvalue weighted by Gasteiger charge is 2.12. The summed E-state index contributed by atoms with van der Waals surface area (Å²) in [4.78, 5) is 0. The van der Waals surface area contributed by atoms with Gasteiger partial charge in [-0.15, -0.1) is 10.2 Å². The molecule has 0 fully saturated rings. The zero-order valence-electron chi connectivity index (χ0n) is 11.4. The van der Waals surface area contributed by atoms with Crippen LogP contribution >= 0.6 is 0 Å². The number of hydrogen-bond donors (Lipinski definition) is 0. The zero-order valence-corrected chi connectivity index (χ0v) is 11.4. The van der Waals surface area contributed by atoms with Crippen LogP contribution in [-0.4, -0.2) is 10.2 Å². The minimum absolute atomic E-state index is 0.144. The number of aromatic nitrogens is 2. The quantitative estimate of drug-likeness (QED) is 0.732. The van der Waals surface area contributed by atoms with E-state index in [1.165, 1.54) is 6.07 Å². The van der Waals surface area contributed by atoms with Crippen molar-refractivity contribution in [1.82, 2.24) is 10.2 Å². The fourth-order valence-electron chi connectivity index (χ4n) is 1.91. The first kappa shape index (κ1) is 13.3. The van der Waals surface area contributed by atoms with Crippen LogP contribution in [-0.2, 0) is 6.61 Å². The fraction of sp³-hybridized carbons (Fsp3) is 0.125. The Morgan fingerprint density at radius 3 is 2.76 bits per heavy atom. The van der Waals surface area contributed by atoms with Crippen molar-refractivity contribution in [3.05, 3.63) is 65.8 Å². The van der Waals surface area contributed by atoms with Crippen LogP contribution in [0.5, 0.6) is 5.75 Å². The minimum atomic E-state index is -0.396. The summed E-state index contributed by atoms with van der Waals surface area (Å²) in [5.74, 6) is 0.777. The Hall–Kier alpha value is -2.69. The van der Waals surface area contributed by atoms with Crippen LogP contribution in [0.15, 0.2) is 52.9 Å². The van der Waals surface area contributed by atoms with Crippen LogP contribution in [0.1, 0.15) is 11.5 Å². The van der Waals surface area contributed by atoms with Gasteiger partial charge in [0.2, 0.25) is 0 Å². The van der Waals surface area contributed by atoms with E-state index in [0.717, 1.165) is 11.3 Å². The van der Waals surface area contributed by atoms with E-state index in [9.17, 15) is 4.39 Å². The molecular weight excluding hydrogens is 271 g/mol. The highest BCUT2D eigenvalue weighted by molar-refractivity contribution is 5.53. The lowest BCUT2D eigenvalue weighted by atomic mass is 10.2. The number of benzene rings is 2. The molecule has 1 aromatic heterocycles. The van der Waals surface area contributed by atoms with Gasteiger partial charge in [-0.2, -0.15) is 0 Å². The van der Waals surface area contributed by atoms with Crippen molar-refractivity contribution in [1.29, 1.82) is 0 Å². The third-order valence-corrected chi connectivity index (χ3v) is 2.92. The molecule has 0 N–H and O–H groups in total. The van der Waals surface area contributed by atoms with Gasteiger partial charge < -0.3 is 9.15 Å². The van der Waals surface area contributed by atoms with Gasteiger partial charge in [0.1, 0.15) is 11.6 Å². The third-order valence-electron chi connectivity index (χ3n) is 2.92. The van der Waals surface area contributed by atoms with Crippen molar-refractivity contribution in [2.45, 2.75) is 13.5 Å². The van der Waals surface area contributed by atoms with Gasteiger partial charge in [-0.3, -0.25) is 0 Å². The summed E-state index contributed by atoms with van der Waals surface area (Å²) < 4.78 is 24.6. The van der Waals surface area contributed by atoms with E-state index < -0.39 is 5.82 Å². The van der Waals surface area contributed by atoms with Crippen LogP contribution in [0.3, 0.4) is 0 Å². The second-order valence-electron chi connectivity index (χ2n) is 4.59. The standard InChI is InChI=1S/C16H13FN2O2/c1-11-5-4-6-12(9-11)20-10-15-18-19-16(21-15)13-7-2-3-8-14(13)17/h2-9H,10H2,1H3. The predicted octanol–water partition coefficient (Wildman–Crippen LogP) is 3.76. The third kappa shape index (κ3) is 3.08. The minimum Gasteiger partial charge on any atom is -0.484 e. The van der Waals surface area contributed by atoms with Gasteiger partial charge in [0.25, 0.3) is 11.8 Å². The number of halogens is 1. The lowest BCUT2D eigenvalue weighted by Gasteiger charge is -2.03. The van der Waals surface area contributed by atoms with E-state index in [4.69, 9.17) is 9.15 Å². The number of nitrogens with zero attached hydrogens (tertiary/aromatic N) is 2. The van der Waals surface area contributed by atoms with E-state index in [1.807, 2.05) is 31.2 Å². The molecule has 0 aliphatic rings. The number of rotatable bonds is 4. The lowest BCUT2D eigenvalue weighted by Crippen LogP contribution is -1.95. The summed E-state index contributed by atoms with van der Waals surface area (Å²) in [6.07, 6.45) is 0. The van der Waals surface area contributed by atoms with Gasteiger partial charge in [-0.25, -0.2) is 4.39 Å². The summed E-state index contributed by atoms with van der Waals surface area (Å²) in [5.41, 5.74) is 1.39.